The zero-order valence-corrected chi connectivity index (χ0v) is 23.1. The van der Waals surface area contributed by atoms with Gasteiger partial charge in [0.15, 0.2) is 12.1 Å². The Labute approximate surface area is 228 Å². The SMILES string of the molecule is CC(C)(C)OC(=O)NC(C(=O)O[C@H]1C[N+]2(CC(=O)c3ccc(O)cc3)CCC1CC2)c1ccccc1.[Br-]. The number of carbonyl (C=O) groups is 3. The van der Waals surface area contributed by atoms with Crippen LogP contribution in [0.2, 0.25) is 0 Å². The molecule has 0 radical (unpaired) electrons. The zero-order chi connectivity index (χ0) is 25.9. The first kappa shape index (κ1) is 28.7. The second-order valence-electron chi connectivity index (χ2n) is 10.9. The lowest BCUT2D eigenvalue weighted by molar-refractivity contribution is -0.938. The summed E-state index contributed by atoms with van der Waals surface area (Å²) < 4.78 is 12.0. The monoisotopic (exact) mass is 574 g/mol. The average Bonchev–Trinajstić information content (AvgIpc) is 2.83. The van der Waals surface area contributed by atoms with E-state index in [0.29, 0.717) is 28.7 Å². The van der Waals surface area contributed by atoms with Crippen molar-refractivity contribution in [3.8, 4) is 5.75 Å². The van der Waals surface area contributed by atoms with Gasteiger partial charge in [0.25, 0.3) is 0 Å². The third kappa shape index (κ3) is 7.32. The number of hydrogen-bond acceptors (Lipinski definition) is 6. The Kier molecular flexibility index (Phi) is 9.02. The van der Waals surface area contributed by atoms with Gasteiger partial charge in [0.1, 0.15) is 24.4 Å². The van der Waals surface area contributed by atoms with E-state index < -0.39 is 23.7 Å². The molecule has 3 aliphatic rings. The van der Waals surface area contributed by atoms with Gasteiger partial charge < -0.3 is 41.4 Å². The third-order valence-corrected chi connectivity index (χ3v) is 7.01. The van der Waals surface area contributed by atoms with Crippen molar-refractivity contribution in [2.24, 2.45) is 5.92 Å². The number of nitrogens with zero attached hydrogens (tertiary/aromatic N) is 1. The van der Waals surface area contributed by atoms with Crippen LogP contribution < -0.4 is 22.3 Å². The minimum Gasteiger partial charge on any atom is -1.00 e. The maximum absolute atomic E-state index is 13.4. The number of amides is 1. The predicted octanol–water partition coefficient (Wildman–Crippen LogP) is 0.997. The second-order valence-corrected chi connectivity index (χ2v) is 10.9. The summed E-state index contributed by atoms with van der Waals surface area (Å²) in [4.78, 5) is 38.9. The normalized spacial score (nSPS) is 23.3. The van der Waals surface area contributed by atoms with E-state index in [1.54, 1.807) is 57.2 Å². The molecular formula is C28H35BrN2O6. The molecule has 3 aliphatic heterocycles. The predicted molar refractivity (Wildman–Crippen MR) is 133 cm³/mol. The summed E-state index contributed by atoms with van der Waals surface area (Å²) in [6.45, 7) is 7.90. The highest BCUT2D eigenvalue weighted by Crippen LogP contribution is 2.36. The minimum absolute atomic E-state index is 0. The molecule has 0 spiro atoms. The van der Waals surface area contributed by atoms with E-state index in [2.05, 4.69) is 5.32 Å². The van der Waals surface area contributed by atoms with Gasteiger partial charge in [0.2, 0.25) is 5.78 Å². The van der Waals surface area contributed by atoms with Crippen molar-refractivity contribution in [2.45, 2.75) is 51.4 Å². The largest absolute Gasteiger partial charge is 1.00 e. The van der Waals surface area contributed by atoms with Gasteiger partial charge in [-0.1, -0.05) is 30.3 Å². The van der Waals surface area contributed by atoms with E-state index >= 15 is 0 Å². The Bertz CT molecular complexity index is 1090. The Morgan fingerprint density at radius 1 is 1.03 bits per heavy atom. The van der Waals surface area contributed by atoms with Crippen LogP contribution in [0.1, 0.15) is 55.6 Å². The molecular weight excluding hydrogens is 540 g/mol. The van der Waals surface area contributed by atoms with E-state index in [9.17, 15) is 19.5 Å². The Morgan fingerprint density at radius 2 is 1.65 bits per heavy atom. The van der Waals surface area contributed by atoms with Gasteiger partial charge in [-0.2, -0.15) is 0 Å². The minimum atomic E-state index is -0.997. The fourth-order valence-electron chi connectivity index (χ4n) is 5.19. The van der Waals surface area contributed by atoms with Crippen molar-refractivity contribution in [3.05, 3.63) is 65.7 Å². The molecule has 1 unspecified atom stereocenters. The number of piperidine rings is 3. The molecule has 2 aromatic carbocycles. The molecule has 3 saturated heterocycles. The molecule has 200 valence electrons. The summed E-state index contributed by atoms with van der Waals surface area (Å²) in [5.74, 6) is -0.170. The molecule has 8 nitrogen and oxygen atoms in total. The van der Waals surface area contributed by atoms with Crippen LogP contribution in [0.5, 0.6) is 5.75 Å². The van der Waals surface area contributed by atoms with Gasteiger partial charge in [0, 0.05) is 24.3 Å². The molecule has 9 heteroatoms. The van der Waals surface area contributed by atoms with E-state index in [1.807, 2.05) is 6.07 Å². The van der Waals surface area contributed by atoms with Gasteiger partial charge in [-0.25, -0.2) is 9.59 Å². The van der Waals surface area contributed by atoms with Gasteiger partial charge in [0.05, 0.1) is 13.1 Å². The van der Waals surface area contributed by atoms with E-state index in [4.69, 9.17) is 9.47 Å². The number of fused-ring (bicyclic) bond motifs is 3. The first-order chi connectivity index (χ1) is 17.0. The molecule has 37 heavy (non-hydrogen) atoms. The van der Waals surface area contributed by atoms with E-state index in [-0.39, 0.29) is 40.5 Å². The van der Waals surface area contributed by atoms with Crippen molar-refractivity contribution >= 4 is 17.8 Å². The molecule has 0 saturated carbocycles. The summed E-state index contributed by atoms with van der Waals surface area (Å²) in [6, 6.07) is 14.3. The number of esters is 1. The summed E-state index contributed by atoms with van der Waals surface area (Å²) in [5, 5.41) is 12.2. The molecule has 0 aliphatic carbocycles. The Morgan fingerprint density at radius 3 is 2.24 bits per heavy atom. The quantitative estimate of drug-likeness (QED) is 0.290. The number of alkyl carbamates (subject to hydrolysis) is 1. The second kappa shape index (κ2) is 11.6. The van der Waals surface area contributed by atoms with Crippen LogP contribution in [0.3, 0.4) is 0 Å². The zero-order valence-electron chi connectivity index (χ0n) is 21.5. The molecule has 3 fully saturated rings. The summed E-state index contributed by atoms with van der Waals surface area (Å²) >= 11 is 0. The highest BCUT2D eigenvalue weighted by molar-refractivity contribution is 5.97. The van der Waals surface area contributed by atoms with Crippen molar-refractivity contribution in [1.29, 1.82) is 0 Å². The molecule has 1 amide bonds. The molecule has 2 atom stereocenters. The number of ketones is 1. The van der Waals surface area contributed by atoms with Crippen LogP contribution in [-0.4, -0.2) is 65.3 Å². The Balaban J connectivity index is 0.00000380. The van der Waals surface area contributed by atoms with Crippen molar-refractivity contribution < 1.29 is 50.4 Å². The maximum Gasteiger partial charge on any atom is 0.408 e. The number of ether oxygens (including phenoxy) is 2. The fraction of sp³-hybridized carbons (Fsp3) is 0.464. The number of quaternary nitrogens is 1. The molecule has 2 bridgehead atoms. The molecule has 2 N–H and O–H groups in total. The highest BCUT2D eigenvalue weighted by Gasteiger charge is 2.49. The van der Waals surface area contributed by atoms with E-state index in [0.717, 1.165) is 25.9 Å². The number of hydrogen-bond donors (Lipinski definition) is 2. The lowest BCUT2D eigenvalue weighted by Gasteiger charge is -2.51. The molecule has 3 heterocycles. The topological polar surface area (TPSA) is 102 Å². The number of benzene rings is 2. The number of carbonyl (C=O) groups excluding carboxylic acids is 3. The van der Waals surface area contributed by atoms with Gasteiger partial charge >= 0.3 is 12.1 Å². The number of rotatable bonds is 7. The van der Waals surface area contributed by atoms with Crippen molar-refractivity contribution in [3.63, 3.8) is 0 Å². The number of Topliss-reactive ketones (excluding diaryl/α,β-unsaturated/α-hetero) is 1. The average molecular weight is 576 g/mol. The van der Waals surface area contributed by atoms with Crippen LogP contribution in [0.15, 0.2) is 54.6 Å². The van der Waals surface area contributed by atoms with Gasteiger partial charge in [-0.3, -0.25) is 4.79 Å². The first-order valence-corrected chi connectivity index (χ1v) is 12.5. The van der Waals surface area contributed by atoms with Crippen molar-refractivity contribution in [1.82, 2.24) is 5.32 Å². The number of nitrogens with one attached hydrogen (secondary N) is 1. The molecule has 0 aromatic heterocycles. The Hall–Kier alpha value is -2.91. The van der Waals surface area contributed by atoms with Crippen molar-refractivity contribution in [2.75, 3.05) is 26.2 Å². The molecule has 5 rings (SSSR count). The van der Waals surface area contributed by atoms with Gasteiger partial charge in [-0.15, -0.1) is 0 Å². The lowest BCUT2D eigenvalue weighted by Crippen LogP contribution is -3.00. The van der Waals surface area contributed by atoms with Crippen LogP contribution in [-0.2, 0) is 14.3 Å². The molecule has 2 aromatic rings. The number of aromatic hydroxyl groups is 1. The standard InChI is InChI=1S/C28H34N2O6.BrH/c1-28(2,3)36-27(34)29-25(21-7-5-4-6-8-21)26(33)35-24-18-30(15-13-20(24)14-16-30)17-23(32)19-9-11-22(31)12-10-19;/h4-12,20,24-25H,13-18H2,1-3H3,(H-,29,31,32,34);1H/t20?,24-,25?,30?;/m0./s1. The smallest absolute Gasteiger partial charge is 0.408 e. The first-order valence-electron chi connectivity index (χ1n) is 12.5. The van der Waals surface area contributed by atoms with Gasteiger partial charge in [-0.05, 0) is 50.6 Å². The lowest BCUT2D eigenvalue weighted by atomic mass is 9.82. The van der Waals surface area contributed by atoms with Crippen LogP contribution in [0.25, 0.3) is 0 Å². The summed E-state index contributed by atoms with van der Waals surface area (Å²) in [5.41, 5.74) is 0.472. The summed E-state index contributed by atoms with van der Waals surface area (Å²) in [7, 11) is 0. The van der Waals surface area contributed by atoms with Crippen LogP contribution in [0.4, 0.5) is 4.79 Å². The van der Waals surface area contributed by atoms with Crippen LogP contribution >= 0.6 is 0 Å². The van der Waals surface area contributed by atoms with Crippen LogP contribution in [0, 0.1) is 5.92 Å². The third-order valence-electron chi connectivity index (χ3n) is 7.01. The number of phenolic OH excluding ortho intramolecular Hbond substituents is 1. The van der Waals surface area contributed by atoms with E-state index in [1.165, 1.54) is 12.1 Å². The maximum atomic E-state index is 13.4. The fourth-order valence-corrected chi connectivity index (χ4v) is 5.19. The number of phenols is 1. The summed E-state index contributed by atoms with van der Waals surface area (Å²) in [6.07, 6.45) is 0.719. The highest BCUT2D eigenvalue weighted by atomic mass is 79.9. The number of halogens is 1.